The monoisotopic (exact) mass is 505 g/mol. The van der Waals surface area contributed by atoms with Gasteiger partial charge in [0.2, 0.25) is 0 Å². The molecule has 2 N–H and O–H groups in total. The second-order valence-corrected chi connectivity index (χ2v) is 14.1. The highest BCUT2D eigenvalue weighted by Gasteiger charge is 2.58. The number of ether oxygens (including phenoxy) is 1. The highest BCUT2D eigenvalue weighted by molar-refractivity contribution is 5.91. The van der Waals surface area contributed by atoms with Gasteiger partial charge in [-0.05, 0) is 122 Å². The molecular weight excluding hydrogens is 454 g/mol. The van der Waals surface area contributed by atoms with E-state index in [4.69, 9.17) is 10.5 Å². The van der Waals surface area contributed by atoms with Crippen LogP contribution in [0, 0.1) is 47.3 Å². The Morgan fingerprint density at radius 2 is 1.89 bits per heavy atom. The molecule has 3 saturated carbocycles. The molecule has 0 heterocycles. The van der Waals surface area contributed by atoms with Crippen molar-refractivity contribution in [3.63, 3.8) is 0 Å². The Labute approximate surface area is 226 Å². The van der Waals surface area contributed by atoms with Crippen molar-refractivity contribution in [1.82, 2.24) is 0 Å². The summed E-state index contributed by atoms with van der Waals surface area (Å²) < 4.78 is 6.07. The number of hydrogen-bond donors (Lipinski definition) is 1. The number of hydrogen-bond acceptors (Lipinski definition) is 3. The van der Waals surface area contributed by atoms with E-state index in [2.05, 4.69) is 33.8 Å². The van der Waals surface area contributed by atoms with Gasteiger partial charge in [0.05, 0.1) is 5.56 Å². The molecule has 0 spiro atoms. The maximum Gasteiger partial charge on any atom is 0.338 e. The summed E-state index contributed by atoms with van der Waals surface area (Å²) in [6.07, 6.45) is 18.3. The third-order valence-electron chi connectivity index (χ3n) is 11.6. The summed E-state index contributed by atoms with van der Waals surface area (Å²) in [4.78, 5) is 12.9. The number of benzene rings is 1. The van der Waals surface area contributed by atoms with E-state index in [9.17, 15) is 4.79 Å². The molecule has 7 unspecified atom stereocenters. The van der Waals surface area contributed by atoms with Crippen LogP contribution in [0.1, 0.15) is 121 Å². The number of unbranched alkanes of at least 4 members (excludes halogenated alkanes) is 1. The molecule has 3 nitrogen and oxygen atoms in total. The first-order chi connectivity index (χ1) is 17.6. The number of rotatable bonds is 7. The molecule has 0 saturated heterocycles. The number of esters is 1. The minimum absolute atomic E-state index is 0.00381. The Balaban J connectivity index is 1.24. The predicted molar refractivity (Wildman–Crippen MR) is 153 cm³/mol. The molecule has 3 fully saturated rings. The Hall–Kier alpha value is -1.77. The molecule has 7 atom stereocenters. The van der Waals surface area contributed by atoms with Crippen molar-refractivity contribution in [2.75, 3.05) is 5.73 Å². The molecule has 5 rings (SSSR count). The van der Waals surface area contributed by atoms with E-state index >= 15 is 0 Å². The topological polar surface area (TPSA) is 52.3 Å². The molecule has 4 aliphatic carbocycles. The third kappa shape index (κ3) is 5.01. The normalized spacial score (nSPS) is 36.9. The van der Waals surface area contributed by atoms with E-state index in [1.807, 2.05) is 19.1 Å². The minimum atomic E-state index is -0.195. The van der Waals surface area contributed by atoms with Gasteiger partial charge in [-0.2, -0.15) is 0 Å². The smallest absolute Gasteiger partial charge is 0.338 e. The zero-order chi connectivity index (χ0) is 26.4. The fraction of sp³-hybridized carbons (Fsp3) is 0.735. The minimum Gasteiger partial charge on any atom is -0.458 e. The number of carbonyl (C=O) groups excluding carboxylic acids is 1. The predicted octanol–water partition coefficient (Wildman–Crippen LogP) is 8.90. The maximum absolute atomic E-state index is 12.9. The van der Waals surface area contributed by atoms with Crippen molar-refractivity contribution < 1.29 is 9.53 Å². The van der Waals surface area contributed by atoms with E-state index < -0.39 is 0 Å². The first-order valence-corrected chi connectivity index (χ1v) is 15.4. The van der Waals surface area contributed by atoms with Crippen LogP contribution in [0.4, 0.5) is 5.69 Å². The van der Waals surface area contributed by atoms with Crippen LogP contribution < -0.4 is 5.73 Å². The van der Waals surface area contributed by atoms with Crippen molar-refractivity contribution in [2.45, 2.75) is 118 Å². The summed E-state index contributed by atoms with van der Waals surface area (Å²) in [7, 11) is 0. The Morgan fingerprint density at radius 1 is 1.08 bits per heavy atom. The standard InChI is InChI=1S/C34H51NO2/c1-22(2)8-6-7-9-24-11-15-30-29-13-10-25-21-27(37-32(36)28-14-12-26(35)20-23(28)3)16-18-34(25,5)31(29)17-19-33(24,30)4/h10,12,14,20,22,24,27,29-31H,6-9,11,13,15-19,21,35H2,1-5H3. The number of aryl methyl sites for hydroxylation is 1. The second kappa shape index (κ2) is 10.4. The second-order valence-electron chi connectivity index (χ2n) is 14.1. The van der Waals surface area contributed by atoms with Crippen LogP contribution in [0.2, 0.25) is 0 Å². The molecule has 0 bridgehead atoms. The average molecular weight is 506 g/mol. The van der Waals surface area contributed by atoms with E-state index in [1.165, 1.54) is 57.8 Å². The average Bonchev–Trinajstić information content (AvgIpc) is 3.18. The molecule has 0 amide bonds. The summed E-state index contributed by atoms with van der Waals surface area (Å²) in [5.41, 5.74) is 10.5. The highest BCUT2D eigenvalue weighted by atomic mass is 16.5. The lowest BCUT2D eigenvalue weighted by molar-refractivity contribution is -0.0536. The fourth-order valence-electron chi connectivity index (χ4n) is 9.39. The van der Waals surface area contributed by atoms with Gasteiger partial charge in [0.25, 0.3) is 0 Å². The van der Waals surface area contributed by atoms with Crippen LogP contribution in [-0.4, -0.2) is 12.1 Å². The number of nitrogens with two attached hydrogens (primary N) is 1. The van der Waals surface area contributed by atoms with Gasteiger partial charge in [0, 0.05) is 12.1 Å². The van der Waals surface area contributed by atoms with Gasteiger partial charge in [0.1, 0.15) is 6.10 Å². The van der Waals surface area contributed by atoms with Crippen LogP contribution in [-0.2, 0) is 4.74 Å². The van der Waals surface area contributed by atoms with Gasteiger partial charge in [0.15, 0.2) is 0 Å². The van der Waals surface area contributed by atoms with E-state index in [-0.39, 0.29) is 12.1 Å². The van der Waals surface area contributed by atoms with Crippen LogP contribution in [0.3, 0.4) is 0 Å². The Kier molecular flexibility index (Phi) is 7.55. The van der Waals surface area contributed by atoms with Crippen molar-refractivity contribution in [3.05, 3.63) is 41.0 Å². The zero-order valence-corrected chi connectivity index (χ0v) is 24.2. The zero-order valence-electron chi connectivity index (χ0n) is 24.2. The molecular formula is C34H51NO2. The Morgan fingerprint density at radius 3 is 2.65 bits per heavy atom. The fourth-order valence-corrected chi connectivity index (χ4v) is 9.39. The largest absolute Gasteiger partial charge is 0.458 e. The van der Waals surface area contributed by atoms with Gasteiger partial charge in [-0.25, -0.2) is 4.79 Å². The van der Waals surface area contributed by atoms with Crippen molar-refractivity contribution in [1.29, 1.82) is 0 Å². The lowest BCUT2D eigenvalue weighted by atomic mass is 9.47. The van der Waals surface area contributed by atoms with E-state index in [1.54, 1.807) is 11.6 Å². The third-order valence-corrected chi connectivity index (χ3v) is 11.6. The number of allylic oxidation sites excluding steroid dienone is 1. The summed E-state index contributed by atoms with van der Waals surface area (Å²) >= 11 is 0. The van der Waals surface area contributed by atoms with E-state index in [0.717, 1.165) is 54.4 Å². The lowest BCUT2D eigenvalue weighted by Gasteiger charge is -2.58. The maximum atomic E-state index is 12.9. The number of carbonyl (C=O) groups is 1. The lowest BCUT2D eigenvalue weighted by Crippen LogP contribution is -2.50. The molecule has 4 aliphatic rings. The van der Waals surface area contributed by atoms with Gasteiger partial charge in [-0.15, -0.1) is 0 Å². The van der Waals surface area contributed by atoms with Crippen LogP contribution in [0.15, 0.2) is 29.8 Å². The molecule has 1 aromatic carbocycles. The van der Waals surface area contributed by atoms with Crippen molar-refractivity contribution in [3.8, 4) is 0 Å². The van der Waals surface area contributed by atoms with Crippen molar-refractivity contribution in [2.24, 2.45) is 40.4 Å². The summed E-state index contributed by atoms with van der Waals surface area (Å²) in [6, 6.07) is 5.46. The van der Waals surface area contributed by atoms with E-state index in [0.29, 0.717) is 22.1 Å². The number of fused-ring (bicyclic) bond motifs is 5. The van der Waals surface area contributed by atoms with Gasteiger partial charge in [-0.3, -0.25) is 0 Å². The van der Waals surface area contributed by atoms with Crippen LogP contribution in [0.5, 0.6) is 0 Å². The molecule has 0 aromatic heterocycles. The quantitative estimate of drug-likeness (QED) is 0.174. The summed E-state index contributed by atoms with van der Waals surface area (Å²) in [5.74, 6) is 4.15. The van der Waals surface area contributed by atoms with Gasteiger partial charge < -0.3 is 10.5 Å². The van der Waals surface area contributed by atoms with Gasteiger partial charge in [-0.1, -0.05) is 58.6 Å². The molecule has 0 radical (unpaired) electrons. The molecule has 204 valence electrons. The van der Waals surface area contributed by atoms with Gasteiger partial charge >= 0.3 is 5.97 Å². The molecule has 1 aromatic rings. The SMILES string of the molecule is Cc1cc(N)ccc1C(=O)OC1CCC2(C)C(=CCC3C2CCC2(C)C(CCCCC(C)C)CCC32)C1. The number of anilines is 1. The summed E-state index contributed by atoms with van der Waals surface area (Å²) in [5, 5.41) is 0. The number of nitrogen functional groups attached to an aromatic ring is 1. The first kappa shape index (κ1) is 26.8. The highest BCUT2D eigenvalue weighted by Crippen LogP contribution is 2.66. The molecule has 3 heteroatoms. The molecule has 37 heavy (non-hydrogen) atoms. The van der Waals surface area contributed by atoms with Crippen LogP contribution >= 0.6 is 0 Å². The molecule has 0 aliphatic heterocycles. The van der Waals surface area contributed by atoms with Crippen LogP contribution in [0.25, 0.3) is 0 Å². The first-order valence-electron chi connectivity index (χ1n) is 15.4. The van der Waals surface area contributed by atoms with Crippen molar-refractivity contribution >= 4 is 11.7 Å². The Bertz CT molecular complexity index is 1030. The summed E-state index contributed by atoms with van der Waals surface area (Å²) in [6.45, 7) is 11.9.